The van der Waals surface area contributed by atoms with E-state index in [1.165, 1.54) is 0 Å². The van der Waals surface area contributed by atoms with Crippen LogP contribution in [0.1, 0.15) is 5.69 Å². The fourth-order valence-electron chi connectivity index (χ4n) is 2.98. The number of carbonyl (C=O) groups excluding carboxylic acids is 1. The van der Waals surface area contributed by atoms with E-state index >= 15 is 0 Å². The smallest absolute Gasteiger partial charge is 0.228 e. The van der Waals surface area contributed by atoms with Crippen molar-refractivity contribution in [3.8, 4) is 0 Å². The van der Waals surface area contributed by atoms with Crippen molar-refractivity contribution in [3.05, 3.63) is 53.7 Å². The zero-order chi connectivity index (χ0) is 17.2. The fourth-order valence-corrected chi connectivity index (χ4v) is 3.15. The van der Waals surface area contributed by atoms with Gasteiger partial charge in [-0.15, -0.1) is 0 Å². The number of hydrogen-bond donors (Lipinski definition) is 0. The molecule has 0 radical (unpaired) electrons. The predicted molar refractivity (Wildman–Crippen MR) is 94.7 cm³/mol. The minimum Gasteiger partial charge on any atom is -0.339 e. The monoisotopic (exact) mass is 356 g/mol. The van der Waals surface area contributed by atoms with Crippen LogP contribution in [0.25, 0.3) is 5.65 Å². The lowest BCUT2D eigenvalue weighted by atomic mass is 10.2. The van der Waals surface area contributed by atoms with Crippen molar-refractivity contribution in [1.29, 1.82) is 0 Å². The summed E-state index contributed by atoms with van der Waals surface area (Å²) in [6.07, 6.45) is 7.40. The van der Waals surface area contributed by atoms with Crippen LogP contribution in [0.15, 0.2) is 43.0 Å². The molecule has 0 bridgehead atoms. The number of anilines is 1. The quantitative estimate of drug-likeness (QED) is 0.714. The topological polar surface area (TPSA) is 66.6 Å². The molecule has 25 heavy (non-hydrogen) atoms. The van der Waals surface area contributed by atoms with Crippen LogP contribution in [-0.4, -0.2) is 56.3 Å². The van der Waals surface area contributed by atoms with E-state index in [2.05, 4.69) is 19.9 Å². The standard InChI is InChI=1S/C17H17ClN6O/c18-13-2-3-15-21-14(12-24(15)11-13)10-16(25)22-6-8-23(9-7-22)17-19-4-1-5-20-17/h1-5,11-12H,6-10H2. The van der Waals surface area contributed by atoms with Crippen molar-refractivity contribution in [2.45, 2.75) is 6.42 Å². The van der Waals surface area contributed by atoms with Gasteiger partial charge in [0.1, 0.15) is 5.65 Å². The molecule has 0 atom stereocenters. The molecule has 8 heteroatoms. The highest BCUT2D eigenvalue weighted by Gasteiger charge is 2.23. The van der Waals surface area contributed by atoms with E-state index in [1.807, 2.05) is 21.6 Å². The Bertz CT molecular complexity index is 889. The summed E-state index contributed by atoms with van der Waals surface area (Å²) in [4.78, 5) is 29.5. The number of rotatable bonds is 3. The highest BCUT2D eigenvalue weighted by Crippen LogP contribution is 2.14. The van der Waals surface area contributed by atoms with Gasteiger partial charge < -0.3 is 14.2 Å². The minimum atomic E-state index is 0.0862. The molecule has 0 aromatic carbocycles. The lowest BCUT2D eigenvalue weighted by Gasteiger charge is -2.34. The molecule has 0 unspecified atom stereocenters. The molecule has 1 saturated heterocycles. The Labute approximate surface area is 149 Å². The summed E-state index contributed by atoms with van der Waals surface area (Å²) >= 11 is 5.98. The largest absolute Gasteiger partial charge is 0.339 e. The van der Waals surface area contributed by atoms with Crippen molar-refractivity contribution in [1.82, 2.24) is 24.3 Å². The Morgan fingerprint density at radius 1 is 1.08 bits per heavy atom. The molecule has 0 aliphatic carbocycles. The van der Waals surface area contributed by atoms with Crippen LogP contribution in [0.5, 0.6) is 0 Å². The number of aromatic nitrogens is 4. The molecule has 1 fully saturated rings. The Kier molecular flexibility index (Phi) is 4.23. The summed E-state index contributed by atoms with van der Waals surface area (Å²) in [7, 11) is 0. The van der Waals surface area contributed by atoms with Gasteiger partial charge in [0.05, 0.1) is 17.1 Å². The fraction of sp³-hybridized carbons (Fsp3) is 0.294. The lowest BCUT2D eigenvalue weighted by molar-refractivity contribution is -0.130. The molecule has 1 amide bonds. The van der Waals surface area contributed by atoms with Crippen molar-refractivity contribution >= 4 is 29.1 Å². The second-order valence-corrected chi connectivity index (χ2v) is 6.37. The molecule has 128 valence electrons. The molecular formula is C17H17ClN6O. The van der Waals surface area contributed by atoms with Crippen LogP contribution in [0, 0.1) is 0 Å². The number of amides is 1. The van der Waals surface area contributed by atoms with Gasteiger partial charge in [0.15, 0.2) is 0 Å². The van der Waals surface area contributed by atoms with Gasteiger partial charge in [0, 0.05) is 51.0 Å². The van der Waals surface area contributed by atoms with Crippen molar-refractivity contribution in [2.24, 2.45) is 0 Å². The van der Waals surface area contributed by atoms with Gasteiger partial charge >= 0.3 is 0 Å². The maximum atomic E-state index is 12.6. The molecular weight excluding hydrogens is 340 g/mol. The van der Waals surface area contributed by atoms with E-state index in [0.29, 0.717) is 30.5 Å². The second kappa shape index (κ2) is 6.68. The number of pyridine rings is 1. The summed E-state index contributed by atoms with van der Waals surface area (Å²) in [6.45, 7) is 2.79. The van der Waals surface area contributed by atoms with Crippen LogP contribution in [-0.2, 0) is 11.2 Å². The third kappa shape index (κ3) is 3.41. The van der Waals surface area contributed by atoms with Crippen molar-refractivity contribution in [2.75, 3.05) is 31.1 Å². The summed E-state index contributed by atoms with van der Waals surface area (Å²) in [6, 6.07) is 5.43. The van der Waals surface area contributed by atoms with Gasteiger partial charge in [-0.05, 0) is 18.2 Å². The summed E-state index contributed by atoms with van der Waals surface area (Å²) in [5.74, 6) is 0.801. The Morgan fingerprint density at radius 3 is 2.60 bits per heavy atom. The van der Waals surface area contributed by atoms with Gasteiger partial charge in [0.2, 0.25) is 11.9 Å². The number of nitrogens with zero attached hydrogens (tertiary/aromatic N) is 6. The van der Waals surface area contributed by atoms with Gasteiger partial charge in [0.25, 0.3) is 0 Å². The first-order valence-corrected chi connectivity index (χ1v) is 8.50. The normalized spacial score (nSPS) is 14.9. The first-order valence-electron chi connectivity index (χ1n) is 8.12. The number of hydrogen-bond acceptors (Lipinski definition) is 5. The number of carbonyl (C=O) groups is 1. The highest BCUT2D eigenvalue weighted by molar-refractivity contribution is 6.30. The Hall–Kier alpha value is -2.67. The van der Waals surface area contributed by atoms with E-state index < -0.39 is 0 Å². The zero-order valence-corrected chi connectivity index (χ0v) is 14.3. The van der Waals surface area contributed by atoms with E-state index in [9.17, 15) is 4.79 Å². The number of halogens is 1. The third-order valence-electron chi connectivity index (χ3n) is 4.26. The van der Waals surface area contributed by atoms with Gasteiger partial charge in [-0.2, -0.15) is 0 Å². The Balaban J connectivity index is 1.38. The minimum absolute atomic E-state index is 0.0862. The number of imidazole rings is 1. The summed E-state index contributed by atoms with van der Waals surface area (Å²) in [5.41, 5.74) is 1.54. The maximum absolute atomic E-state index is 12.6. The maximum Gasteiger partial charge on any atom is 0.228 e. The van der Waals surface area contributed by atoms with Crippen LogP contribution < -0.4 is 4.90 Å². The molecule has 4 rings (SSSR count). The van der Waals surface area contributed by atoms with Crippen LogP contribution >= 0.6 is 11.6 Å². The molecule has 1 aliphatic rings. The van der Waals surface area contributed by atoms with E-state index in [-0.39, 0.29) is 5.91 Å². The molecule has 3 aromatic heterocycles. The average molecular weight is 357 g/mol. The van der Waals surface area contributed by atoms with Crippen molar-refractivity contribution < 1.29 is 4.79 Å². The average Bonchev–Trinajstić information content (AvgIpc) is 3.04. The predicted octanol–water partition coefficient (Wildman–Crippen LogP) is 1.67. The first kappa shape index (κ1) is 15.8. The third-order valence-corrected chi connectivity index (χ3v) is 4.49. The summed E-state index contributed by atoms with van der Waals surface area (Å²) in [5, 5.41) is 0.641. The molecule has 0 spiro atoms. The van der Waals surface area contributed by atoms with E-state index in [1.54, 1.807) is 30.7 Å². The lowest BCUT2D eigenvalue weighted by Crippen LogP contribution is -2.49. The van der Waals surface area contributed by atoms with Gasteiger partial charge in [-0.3, -0.25) is 4.79 Å². The van der Waals surface area contributed by atoms with Crippen LogP contribution in [0.4, 0.5) is 5.95 Å². The van der Waals surface area contributed by atoms with Crippen LogP contribution in [0.2, 0.25) is 5.02 Å². The SMILES string of the molecule is O=C(Cc1cn2cc(Cl)ccc2n1)N1CCN(c2ncccn2)CC1. The molecule has 0 saturated carbocycles. The molecule has 3 aromatic rings. The molecule has 7 nitrogen and oxygen atoms in total. The van der Waals surface area contributed by atoms with Gasteiger partial charge in [-0.1, -0.05) is 11.6 Å². The summed E-state index contributed by atoms with van der Waals surface area (Å²) < 4.78 is 1.84. The highest BCUT2D eigenvalue weighted by atomic mass is 35.5. The molecule has 4 heterocycles. The zero-order valence-electron chi connectivity index (χ0n) is 13.5. The van der Waals surface area contributed by atoms with Crippen molar-refractivity contribution in [3.63, 3.8) is 0 Å². The molecule has 0 N–H and O–H groups in total. The Morgan fingerprint density at radius 2 is 1.84 bits per heavy atom. The number of piperazine rings is 1. The van der Waals surface area contributed by atoms with E-state index in [4.69, 9.17) is 11.6 Å². The first-order chi connectivity index (χ1) is 12.2. The second-order valence-electron chi connectivity index (χ2n) is 5.94. The number of fused-ring (bicyclic) bond motifs is 1. The van der Waals surface area contributed by atoms with E-state index in [0.717, 1.165) is 24.4 Å². The molecule has 1 aliphatic heterocycles. The van der Waals surface area contributed by atoms with Crippen LogP contribution in [0.3, 0.4) is 0 Å². The van der Waals surface area contributed by atoms with Gasteiger partial charge in [-0.25, -0.2) is 15.0 Å².